The number of nitrogens with one attached hydrogen (secondary N) is 1. The van der Waals surface area contributed by atoms with Gasteiger partial charge in [-0.15, -0.1) is 0 Å². The van der Waals surface area contributed by atoms with Gasteiger partial charge in [0.2, 0.25) is 5.88 Å². The topological polar surface area (TPSA) is 72.9 Å². The number of aromatic nitrogens is 1. The average Bonchev–Trinajstić information content (AvgIpc) is 2.74. The number of halogens is 1. The first-order valence-corrected chi connectivity index (χ1v) is 9.12. The highest BCUT2D eigenvalue weighted by Gasteiger charge is 2.25. The standard InChI is InChI=1S/C20H24FN3O4/c1-26-10-11-28-19-7-2-15(12-22-19)13-23-20(25)24-8-9-27-18(14-24)16-3-5-17(21)6-4-16/h2-7,12,18H,8-11,13-14H2,1H3,(H,23,25). The van der Waals surface area contributed by atoms with Crippen LogP contribution < -0.4 is 10.1 Å². The van der Waals surface area contributed by atoms with Crippen LogP contribution in [-0.4, -0.2) is 55.9 Å². The molecule has 1 unspecified atom stereocenters. The van der Waals surface area contributed by atoms with Crippen LogP contribution >= 0.6 is 0 Å². The third-order valence-electron chi connectivity index (χ3n) is 4.37. The Hall–Kier alpha value is -2.71. The van der Waals surface area contributed by atoms with Crippen LogP contribution in [0.3, 0.4) is 0 Å². The molecule has 0 saturated carbocycles. The summed E-state index contributed by atoms with van der Waals surface area (Å²) in [4.78, 5) is 18.4. The molecule has 3 rings (SSSR count). The number of hydrogen-bond donors (Lipinski definition) is 1. The van der Waals surface area contributed by atoms with E-state index in [0.717, 1.165) is 11.1 Å². The Morgan fingerprint density at radius 1 is 1.29 bits per heavy atom. The number of carbonyl (C=O) groups excluding carboxylic acids is 1. The largest absolute Gasteiger partial charge is 0.475 e. The van der Waals surface area contributed by atoms with E-state index in [4.69, 9.17) is 14.2 Å². The van der Waals surface area contributed by atoms with E-state index in [-0.39, 0.29) is 18.0 Å². The van der Waals surface area contributed by atoms with Gasteiger partial charge in [-0.05, 0) is 23.3 Å². The van der Waals surface area contributed by atoms with Crippen LogP contribution in [-0.2, 0) is 16.0 Å². The minimum absolute atomic E-state index is 0.171. The normalized spacial score (nSPS) is 16.6. The zero-order chi connectivity index (χ0) is 19.8. The van der Waals surface area contributed by atoms with Gasteiger partial charge < -0.3 is 24.4 Å². The third-order valence-corrected chi connectivity index (χ3v) is 4.37. The van der Waals surface area contributed by atoms with Crippen LogP contribution in [0.2, 0.25) is 0 Å². The fourth-order valence-corrected chi connectivity index (χ4v) is 2.83. The average molecular weight is 389 g/mol. The monoisotopic (exact) mass is 389 g/mol. The minimum atomic E-state index is -0.294. The SMILES string of the molecule is COCCOc1ccc(CNC(=O)N2CCOC(c3ccc(F)cc3)C2)cn1. The molecule has 1 N–H and O–H groups in total. The van der Waals surface area contributed by atoms with Crippen molar-refractivity contribution in [3.8, 4) is 5.88 Å². The van der Waals surface area contributed by atoms with Crippen molar-refractivity contribution in [3.63, 3.8) is 0 Å². The van der Waals surface area contributed by atoms with Gasteiger partial charge in [0.05, 0.1) is 19.8 Å². The molecule has 0 radical (unpaired) electrons. The van der Waals surface area contributed by atoms with E-state index in [1.807, 2.05) is 6.07 Å². The molecule has 1 aromatic heterocycles. The van der Waals surface area contributed by atoms with E-state index in [1.54, 1.807) is 36.4 Å². The predicted molar refractivity (Wildman–Crippen MR) is 101 cm³/mol. The number of morpholine rings is 1. The highest BCUT2D eigenvalue weighted by molar-refractivity contribution is 5.74. The number of nitrogens with zero attached hydrogens (tertiary/aromatic N) is 2. The molecular formula is C20H24FN3O4. The summed E-state index contributed by atoms with van der Waals surface area (Å²) in [5.41, 5.74) is 1.72. The van der Waals surface area contributed by atoms with Crippen molar-refractivity contribution in [2.24, 2.45) is 0 Å². The van der Waals surface area contributed by atoms with Crippen LogP contribution in [0, 0.1) is 5.82 Å². The second-order valence-electron chi connectivity index (χ2n) is 6.36. The third kappa shape index (κ3) is 5.64. The van der Waals surface area contributed by atoms with Crippen molar-refractivity contribution in [1.29, 1.82) is 0 Å². The van der Waals surface area contributed by atoms with E-state index in [1.165, 1.54) is 12.1 Å². The second-order valence-corrected chi connectivity index (χ2v) is 6.36. The number of pyridine rings is 1. The Morgan fingerprint density at radius 2 is 2.11 bits per heavy atom. The fourth-order valence-electron chi connectivity index (χ4n) is 2.83. The van der Waals surface area contributed by atoms with Crippen molar-refractivity contribution in [3.05, 3.63) is 59.5 Å². The summed E-state index contributed by atoms with van der Waals surface area (Å²) in [6, 6.07) is 9.61. The summed E-state index contributed by atoms with van der Waals surface area (Å²) >= 11 is 0. The lowest BCUT2D eigenvalue weighted by molar-refractivity contribution is -0.0155. The number of carbonyl (C=O) groups is 1. The Balaban J connectivity index is 1.48. The molecule has 1 fully saturated rings. The summed E-state index contributed by atoms with van der Waals surface area (Å²) in [6.45, 7) is 2.66. The molecule has 1 aliphatic heterocycles. The Bertz CT molecular complexity index is 755. The summed E-state index contributed by atoms with van der Waals surface area (Å²) < 4.78 is 29.1. The molecule has 0 spiro atoms. The van der Waals surface area contributed by atoms with Crippen molar-refractivity contribution < 1.29 is 23.4 Å². The number of hydrogen-bond acceptors (Lipinski definition) is 5. The van der Waals surface area contributed by atoms with E-state index >= 15 is 0 Å². The number of rotatable bonds is 7. The fraction of sp³-hybridized carbons (Fsp3) is 0.400. The van der Waals surface area contributed by atoms with E-state index in [2.05, 4.69) is 10.3 Å². The van der Waals surface area contributed by atoms with Crippen molar-refractivity contribution in [2.75, 3.05) is 40.0 Å². The number of methoxy groups -OCH3 is 1. The quantitative estimate of drug-likeness (QED) is 0.737. The van der Waals surface area contributed by atoms with Crippen LogP contribution in [0.15, 0.2) is 42.6 Å². The number of urea groups is 1. The minimum Gasteiger partial charge on any atom is -0.475 e. The predicted octanol–water partition coefficient (Wildman–Crippen LogP) is 2.53. The number of benzene rings is 1. The lowest BCUT2D eigenvalue weighted by Crippen LogP contribution is -2.46. The van der Waals surface area contributed by atoms with Gasteiger partial charge in [-0.25, -0.2) is 14.2 Å². The second kappa shape index (κ2) is 10.0. The molecule has 2 heterocycles. The molecule has 1 aromatic carbocycles. The molecule has 7 nitrogen and oxygen atoms in total. The molecule has 2 aromatic rings. The number of amides is 2. The molecule has 0 aliphatic carbocycles. The van der Waals surface area contributed by atoms with Crippen molar-refractivity contribution in [1.82, 2.24) is 15.2 Å². The van der Waals surface area contributed by atoms with Crippen LogP contribution in [0.4, 0.5) is 9.18 Å². The Morgan fingerprint density at radius 3 is 2.82 bits per heavy atom. The maximum Gasteiger partial charge on any atom is 0.317 e. The van der Waals surface area contributed by atoms with E-state index in [0.29, 0.717) is 45.3 Å². The van der Waals surface area contributed by atoms with Crippen LogP contribution in [0.5, 0.6) is 5.88 Å². The molecule has 150 valence electrons. The van der Waals surface area contributed by atoms with Gasteiger partial charge in [0.25, 0.3) is 0 Å². The first-order chi connectivity index (χ1) is 13.7. The molecule has 1 aliphatic rings. The zero-order valence-electron chi connectivity index (χ0n) is 15.8. The smallest absolute Gasteiger partial charge is 0.317 e. The summed E-state index contributed by atoms with van der Waals surface area (Å²) in [5, 5.41) is 2.89. The molecule has 1 atom stereocenters. The molecule has 0 bridgehead atoms. The first kappa shape index (κ1) is 20.0. The lowest BCUT2D eigenvalue weighted by Gasteiger charge is -2.33. The van der Waals surface area contributed by atoms with Gasteiger partial charge in [0.1, 0.15) is 18.5 Å². The van der Waals surface area contributed by atoms with Crippen LogP contribution in [0.25, 0.3) is 0 Å². The van der Waals surface area contributed by atoms with E-state index < -0.39 is 0 Å². The van der Waals surface area contributed by atoms with Crippen molar-refractivity contribution >= 4 is 6.03 Å². The Kier molecular flexibility index (Phi) is 7.16. The maximum atomic E-state index is 13.1. The Labute approximate surface area is 163 Å². The summed E-state index contributed by atoms with van der Waals surface area (Å²) in [5.74, 6) is 0.223. The van der Waals surface area contributed by atoms with Gasteiger partial charge >= 0.3 is 6.03 Å². The molecule has 2 amide bonds. The van der Waals surface area contributed by atoms with Gasteiger partial charge in [-0.3, -0.25) is 0 Å². The highest BCUT2D eigenvalue weighted by atomic mass is 19.1. The lowest BCUT2D eigenvalue weighted by atomic mass is 10.1. The van der Waals surface area contributed by atoms with Gasteiger partial charge in [-0.2, -0.15) is 0 Å². The first-order valence-electron chi connectivity index (χ1n) is 9.12. The van der Waals surface area contributed by atoms with Gasteiger partial charge in [0, 0.05) is 32.5 Å². The maximum absolute atomic E-state index is 13.1. The van der Waals surface area contributed by atoms with E-state index in [9.17, 15) is 9.18 Å². The molecule has 8 heteroatoms. The molecule has 28 heavy (non-hydrogen) atoms. The van der Waals surface area contributed by atoms with Gasteiger partial charge in [-0.1, -0.05) is 18.2 Å². The molecular weight excluding hydrogens is 365 g/mol. The summed E-state index contributed by atoms with van der Waals surface area (Å²) in [6.07, 6.45) is 1.41. The molecule has 1 saturated heterocycles. The van der Waals surface area contributed by atoms with Crippen molar-refractivity contribution in [2.45, 2.75) is 12.6 Å². The van der Waals surface area contributed by atoms with Crippen LogP contribution in [0.1, 0.15) is 17.2 Å². The number of ether oxygens (including phenoxy) is 3. The van der Waals surface area contributed by atoms with Gasteiger partial charge in [0.15, 0.2) is 0 Å². The highest BCUT2D eigenvalue weighted by Crippen LogP contribution is 2.22. The zero-order valence-corrected chi connectivity index (χ0v) is 15.8. The summed E-state index contributed by atoms with van der Waals surface area (Å²) in [7, 11) is 1.61.